The van der Waals surface area contributed by atoms with Gasteiger partial charge < -0.3 is 34.9 Å². The number of nitrogens with one attached hydrogen (secondary N) is 2. The van der Waals surface area contributed by atoms with Crippen molar-refractivity contribution in [3.05, 3.63) is 116 Å². The fourth-order valence-corrected chi connectivity index (χ4v) is 16.1. The number of carbonyl (C=O) groups is 3. The van der Waals surface area contributed by atoms with Crippen LogP contribution in [0.3, 0.4) is 0 Å². The number of carbonyl (C=O) groups excluding carboxylic acids is 3. The zero-order chi connectivity index (χ0) is 59.4. The number of thiophene rings is 2. The summed E-state index contributed by atoms with van der Waals surface area (Å²) in [6.07, 6.45) is 13.8. The van der Waals surface area contributed by atoms with E-state index in [1.807, 2.05) is 75.3 Å². The zero-order valence-corrected chi connectivity index (χ0v) is 53.6. The number of ketones is 1. The summed E-state index contributed by atoms with van der Waals surface area (Å²) in [5.41, 5.74) is 8.85. The van der Waals surface area contributed by atoms with Crippen LogP contribution in [0.5, 0.6) is 0 Å². The van der Waals surface area contributed by atoms with E-state index >= 15 is 0 Å². The Bertz CT molecular complexity index is 3460. The number of unbranched alkanes of at least 4 members (excludes halogenated alkanes) is 2. The third-order valence-corrected chi connectivity index (χ3v) is 19.7. The SMILES string of the molecule is COCCCCCC(=O)Cc1sc2c(c1-c1nc3ccc(-c4cccnc4)cc3s1)CC(C)CC2C.COCCNCCC(=O)Nc1sc2c(c1-c1nc3ccc(Br)cc3s1)CC(C)N(C(=O)OC(C)(C)C)C2C.OB(O)c1cccnc1. The number of nitrogens with zero attached hydrogens (tertiary/aromatic N) is 5. The van der Waals surface area contributed by atoms with Gasteiger partial charge in [-0.3, -0.25) is 24.5 Å². The maximum atomic E-state index is 13.1. The number of benzene rings is 2. The fourth-order valence-electron chi connectivity index (χ4n) is 10.5. The minimum absolute atomic E-state index is 0.0664. The van der Waals surface area contributed by atoms with E-state index in [0.717, 1.165) is 94.6 Å². The maximum absolute atomic E-state index is 13.1. The molecule has 21 heteroatoms. The van der Waals surface area contributed by atoms with Crippen molar-refractivity contribution in [3.8, 4) is 32.3 Å². The number of hydrogen-bond acceptors (Lipinski definition) is 17. The molecule has 4 atom stereocenters. The smallest absolute Gasteiger partial charge is 0.444 e. The van der Waals surface area contributed by atoms with Gasteiger partial charge in [0, 0.05) is 125 Å². The lowest BCUT2D eigenvalue weighted by Crippen LogP contribution is -2.46. The standard InChI is InChI=1S/C30H34N2O2S2.C27H35BrN4O4S2.C5H6BNO2/c1-19-14-20(2)29-24(15-19)28(27(35-29)17-23(33)9-5-4-6-13-34-3)30-32-25-11-10-21(16-26(25)36-30)22-8-7-12-31-18-22;1-15-13-18-22(24-30-19-8-7-17(28)14-20(19)37-24)25(31-21(33)9-10-29-11-12-35-6)38-23(18)16(2)32(15)26(34)36-27(3,4)5;8-6(9)5-2-1-3-7-4-5/h7-8,10-12,16,18-20H,4-6,9,13-15,17H2,1-3H3;7-8,14-16,29H,9-13H2,1-6H3,(H,31,33);1-4,8-9H. The Kier molecular flexibility index (Phi) is 22.8. The summed E-state index contributed by atoms with van der Waals surface area (Å²) in [6, 6.07) is 19.6. The predicted octanol–water partition coefficient (Wildman–Crippen LogP) is 13.4. The molecule has 10 rings (SSSR count). The highest BCUT2D eigenvalue weighted by atomic mass is 79.9. The first kappa shape index (κ1) is 63.7. The quantitative estimate of drug-likeness (QED) is 0.0441. The van der Waals surface area contributed by atoms with Crippen molar-refractivity contribution in [2.45, 2.75) is 130 Å². The van der Waals surface area contributed by atoms with Gasteiger partial charge in [-0.15, -0.1) is 45.3 Å². The molecule has 4 unspecified atom stereocenters. The van der Waals surface area contributed by atoms with Crippen LogP contribution in [0.1, 0.15) is 125 Å². The molecule has 4 N–H and O–H groups in total. The molecule has 2 amide bonds. The van der Waals surface area contributed by atoms with Crippen molar-refractivity contribution in [1.29, 1.82) is 0 Å². The molecule has 0 saturated heterocycles. The third-order valence-electron chi connectivity index (χ3n) is 14.4. The molecule has 2 aliphatic rings. The van der Waals surface area contributed by atoms with E-state index in [2.05, 4.69) is 80.7 Å². The van der Waals surface area contributed by atoms with Gasteiger partial charge in [0.05, 0.1) is 33.1 Å². The number of Topliss-reactive ketones (excluding diaryl/α,β-unsaturated/α-hetero) is 1. The molecule has 0 saturated carbocycles. The van der Waals surface area contributed by atoms with Crippen LogP contribution in [0, 0.1) is 5.92 Å². The van der Waals surface area contributed by atoms with Gasteiger partial charge >= 0.3 is 13.2 Å². The lowest BCUT2D eigenvalue weighted by Gasteiger charge is -2.39. The number of anilines is 1. The fraction of sp³-hybridized carbons (Fsp3) is 0.435. The zero-order valence-electron chi connectivity index (χ0n) is 48.8. The highest BCUT2D eigenvalue weighted by Gasteiger charge is 2.40. The lowest BCUT2D eigenvalue weighted by molar-refractivity contribution is -0.118. The predicted molar refractivity (Wildman–Crippen MR) is 343 cm³/mol. The van der Waals surface area contributed by atoms with Crippen LogP contribution in [0.15, 0.2) is 89.9 Å². The van der Waals surface area contributed by atoms with Crippen LogP contribution in [0.4, 0.5) is 9.80 Å². The van der Waals surface area contributed by atoms with Crippen LogP contribution < -0.4 is 16.1 Å². The minimum atomic E-state index is -1.40. The van der Waals surface area contributed by atoms with Crippen molar-refractivity contribution >= 4 is 117 Å². The molecule has 7 heterocycles. The first-order valence-corrected chi connectivity index (χ1v) is 32.3. The molecular formula is C62H75BBrN7O8S4. The maximum Gasteiger partial charge on any atom is 0.490 e. The molecule has 0 spiro atoms. The van der Waals surface area contributed by atoms with E-state index in [1.54, 1.807) is 61.4 Å². The molecule has 0 fully saturated rings. The molecule has 6 aromatic heterocycles. The minimum Gasteiger partial charge on any atom is -0.444 e. The van der Waals surface area contributed by atoms with Crippen LogP contribution in [-0.4, -0.2) is 112 Å². The van der Waals surface area contributed by atoms with E-state index < -0.39 is 12.7 Å². The molecule has 440 valence electrons. The van der Waals surface area contributed by atoms with Gasteiger partial charge in [-0.2, -0.15) is 0 Å². The molecule has 8 aromatic rings. The Balaban J connectivity index is 0.000000188. The topological polar surface area (TPSA) is 198 Å². The van der Waals surface area contributed by atoms with Crippen LogP contribution in [0.25, 0.3) is 52.7 Å². The number of amides is 2. The highest BCUT2D eigenvalue weighted by molar-refractivity contribution is 9.10. The van der Waals surface area contributed by atoms with E-state index in [4.69, 9.17) is 34.2 Å². The van der Waals surface area contributed by atoms with Crippen molar-refractivity contribution in [1.82, 2.24) is 30.2 Å². The number of hydrogen-bond donors (Lipinski definition) is 4. The number of methoxy groups -OCH3 is 2. The van der Waals surface area contributed by atoms with E-state index in [9.17, 15) is 14.4 Å². The largest absolute Gasteiger partial charge is 0.490 e. The highest BCUT2D eigenvalue weighted by Crippen LogP contribution is 2.51. The Hall–Kier alpha value is -5.33. The van der Waals surface area contributed by atoms with Gasteiger partial charge in [0.25, 0.3) is 0 Å². The molecule has 83 heavy (non-hydrogen) atoms. The second-order valence-electron chi connectivity index (χ2n) is 22.2. The van der Waals surface area contributed by atoms with Crippen LogP contribution in [-0.2, 0) is 43.1 Å². The Morgan fingerprint density at radius 3 is 2.11 bits per heavy atom. The number of ether oxygens (including phenoxy) is 3. The van der Waals surface area contributed by atoms with Gasteiger partial charge in [0.1, 0.15) is 26.4 Å². The molecular weight excluding hydrogens is 1190 g/mol. The summed E-state index contributed by atoms with van der Waals surface area (Å²) in [5.74, 6) is 1.46. The second-order valence-corrected chi connectivity index (χ2v) is 27.4. The molecule has 1 aliphatic heterocycles. The first-order valence-electron chi connectivity index (χ1n) is 28.3. The third kappa shape index (κ3) is 16.8. The number of thiazole rings is 2. The second kappa shape index (κ2) is 29.7. The summed E-state index contributed by atoms with van der Waals surface area (Å²) in [5, 5.41) is 26.2. The normalized spacial score (nSPS) is 16.6. The molecule has 0 bridgehead atoms. The number of fused-ring (bicyclic) bond motifs is 4. The summed E-state index contributed by atoms with van der Waals surface area (Å²) >= 11 is 10.3. The molecule has 2 aromatic carbocycles. The molecule has 1 aliphatic carbocycles. The summed E-state index contributed by atoms with van der Waals surface area (Å²) in [7, 11) is 1.98. The van der Waals surface area contributed by atoms with Crippen molar-refractivity contribution in [2.75, 3.05) is 45.8 Å². The van der Waals surface area contributed by atoms with Crippen molar-refractivity contribution in [3.63, 3.8) is 0 Å². The van der Waals surface area contributed by atoms with E-state index in [0.29, 0.717) is 68.5 Å². The average Bonchev–Trinajstić information content (AvgIpc) is 2.98. The summed E-state index contributed by atoms with van der Waals surface area (Å²) in [4.78, 5) is 62.7. The van der Waals surface area contributed by atoms with Gasteiger partial charge in [0.15, 0.2) is 0 Å². The van der Waals surface area contributed by atoms with Gasteiger partial charge in [-0.05, 0) is 138 Å². The number of pyridine rings is 2. The van der Waals surface area contributed by atoms with Gasteiger partial charge in [-0.25, -0.2) is 14.8 Å². The first-order chi connectivity index (χ1) is 39.8. The Labute approximate surface area is 512 Å². The van der Waals surface area contributed by atoms with Crippen molar-refractivity contribution < 1.29 is 38.6 Å². The number of aromatic nitrogens is 4. The Morgan fingerprint density at radius 1 is 0.759 bits per heavy atom. The summed E-state index contributed by atoms with van der Waals surface area (Å²) < 4.78 is 19.2. The van der Waals surface area contributed by atoms with E-state index in [-0.39, 0.29) is 24.1 Å². The van der Waals surface area contributed by atoms with Gasteiger partial charge in [0.2, 0.25) is 5.91 Å². The lowest BCUT2D eigenvalue weighted by atomic mass is 9.81. The number of rotatable bonds is 19. The van der Waals surface area contributed by atoms with Gasteiger partial charge in [-0.1, -0.05) is 54.4 Å². The van der Waals surface area contributed by atoms with Crippen molar-refractivity contribution in [2.24, 2.45) is 5.92 Å². The average molecular weight is 1270 g/mol. The molecule has 15 nitrogen and oxygen atoms in total. The monoisotopic (exact) mass is 1260 g/mol. The number of halogens is 1. The Morgan fingerprint density at radius 2 is 1.45 bits per heavy atom. The van der Waals surface area contributed by atoms with Crippen LogP contribution in [0.2, 0.25) is 0 Å². The summed E-state index contributed by atoms with van der Waals surface area (Å²) in [6.45, 7) is 17.0. The molecule has 0 radical (unpaired) electrons. The van der Waals surface area contributed by atoms with Crippen LogP contribution >= 0.6 is 61.3 Å². The van der Waals surface area contributed by atoms with E-state index in [1.165, 1.54) is 49.5 Å².